The summed E-state index contributed by atoms with van der Waals surface area (Å²) in [5.41, 5.74) is 7.25. The molecule has 0 heterocycles. The van der Waals surface area contributed by atoms with E-state index in [1.165, 1.54) is 25.7 Å². The number of rotatable bonds is 8. The third kappa shape index (κ3) is 4.80. The van der Waals surface area contributed by atoms with Crippen LogP contribution in [0.3, 0.4) is 0 Å². The quantitative estimate of drug-likeness (QED) is 0.737. The van der Waals surface area contributed by atoms with Gasteiger partial charge in [-0.3, -0.25) is 0 Å². The van der Waals surface area contributed by atoms with E-state index in [-0.39, 0.29) is 12.1 Å². The Hall–Kier alpha value is -1.06. The van der Waals surface area contributed by atoms with E-state index in [2.05, 4.69) is 0 Å². The summed E-state index contributed by atoms with van der Waals surface area (Å²) in [4.78, 5) is 0. The van der Waals surface area contributed by atoms with Crippen molar-refractivity contribution in [3.8, 4) is 5.75 Å². The van der Waals surface area contributed by atoms with Crippen LogP contribution in [0.4, 0.5) is 0 Å². The molecule has 1 aliphatic rings. The summed E-state index contributed by atoms with van der Waals surface area (Å²) in [6, 6.07) is 7.95. The third-order valence-corrected chi connectivity index (χ3v) is 3.87. The van der Waals surface area contributed by atoms with Crippen molar-refractivity contribution in [3.05, 3.63) is 29.8 Å². The van der Waals surface area contributed by atoms with E-state index >= 15 is 0 Å². The van der Waals surface area contributed by atoms with Crippen LogP contribution in [0.15, 0.2) is 24.3 Å². The maximum absolute atomic E-state index is 6.14. The summed E-state index contributed by atoms with van der Waals surface area (Å²) in [5.74, 6) is 1.79. The zero-order valence-electron chi connectivity index (χ0n) is 12.7. The summed E-state index contributed by atoms with van der Waals surface area (Å²) in [6.45, 7) is 5.48. The normalized spacial score (nSPS) is 17.0. The number of nitrogens with two attached hydrogens (primary N) is 1. The van der Waals surface area contributed by atoms with Crippen molar-refractivity contribution in [1.29, 1.82) is 0 Å². The summed E-state index contributed by atoms with van der Waals surface area (Å²) < 4.78 is 11.3. The van der Waals surface area contributed by atoms with Crippen LogP contribution >= 0.6 is 0 Å². The van der Waals surface area contributed by atoms with Crippen LogP contribution in [-0.2, 0) is 4.74 Å². The minimum absolute atomic E-state index is 0.0514. The van der Waals surface area contributed by atoms with E-state index in [1.54, 1.807) is 0 Å². The van der Waals surface area contributed by atoms with Gasteiger partial charge in [0.2, 0.25) is 0 Å². The fraction of sp³-hybridized carbons (Fsp3) is 0.647. The van der Waals surface area contributed by atoms with Crippen molar-refractivity contribution in [1.82, 2.24) is 0 Å². The van der Waals surface area contributed by atoms with Gasteiger partial charge in [-0.25, -0.2) is 0 Å². The lowest BCUT2D eigenvalue weighted by molar-refractivity contribution is 0.0962. The van der Waals surface area contributed by atoms with Crippen LogP contribution in [0.1, 0.15) is 51.1 Å². The Kier molecular flexibility index (Phi) is 5.86. The molecule has 1 aromatic rings. The van der Waals surface area contributed by atoms with Crippen molar-refractivity contribution in [2.24, 2.45) is 11.7 Å². The van der Waals surface area contributed by atoms with Gasteiger partial charge in [0, 0.05) is 6.61 Å². The standard InChI is InChI=1S/C17H27NO2/c1-13(2)20-16-8-6-15(7-9-16)17(18)12-19-11-10-14-4-3-5-14/h6-9,13-14,17H,3-5,10-12,18H2,1-2H3. The molecule has 2 rings (SSSR count). The Labute approximate surface area is 122 Å². The highest BCUT2D eigenvalue weighted by molar-refractivity contribution is 5.29. The van der Waals surface area contributed by atoms with Crippen LogP contribution in [0, 0.1) is 5.92 Å². The molecule has 3 heteroatoms. The second kappa shape index (κ2) is 7.65. The predicted octanol–water partition coefficient (Wildman–Crippen LogP) is 3.68. The first kappa shape index (κ1) is 15.3. The first-order valence-electron chi connectivity index (χ1n) is 7.75. The molecule has 1 unspecified atom stereocenters. The molecule has 1 aliphatic carbocycles. The maximum atomic E-state index is 6.14. The van der Waals surface area contributed by atoms with Gasteiger partial charge >= 0.3 is 0 Å². The zero-order valence-corrected chi connectivity index (χ0v) is 12.7. The minimum Gasteiger partial charge on any atom is -0.491 e. The van der Waals surface area contributed by atoms with Gasteiger partial charge in [-0.05, 0) is 43.9 Å². The minimum atomic E-state index is -0.0514. The number of hydrogen-bond acceptors (Lipinski definition) is 3. The first-order chi connectivity index (χ1) is 9.65. The highest BCUT2D eigenvalue weighted by Crippen LogP contribution is 2.29. The van der Waals surface area contributed by atoms with Gasteiger partial charge in [-0.2, -0.15) is 0 Å². The lowest BCUT2D eigenvalue weighted by Crippen LogP contribution is -2.19. The lowest BCUT2D eigenvalue weighted by Gasteiger charge is -2.25. The Morgan fingerprint density at radius 3 is 2.45 bits per heavy atom. The topological polar surface area (TPSA) is 44.5 Å². The van der Waals surface area contributed by atoms with Crippen LogP contribution < -0.4 is 10.5 Å². The van der Waals surface area contributed by atoms with Crippen molar-refractivity contribution >= 4 is 0 Å². The fourth-order valence-electron chi connectivity index (χ4n) is 2.40. The molecule has 0 saturated heterocycles. The van der Waals surface area contributed by atoms with E-state index in [0.29, 0.717) is 6.61 Å². The molecule has 1 aromatic carbocycles. The van der Waals surface area contributed by atoms with Crippen LogP contribution in [0.5, 0.6) is 5.75 Å². The van der Waals surface area contributed by atoms with Crippen molar-refractivity contribution in [2.45, 2.75) is 51.7 Å². The second-order valence-corrected chi connectivity index (χ2v) is 6.00. The molecule has 0 bridgehead atoms. The molecular weight excluding hydrogens is 250 g/mol. The molecule has 0 radical (unpaired) electrons. The molecule has 0 aliphatic heterocycles. The highest BCUT2D eigenvalue weighted by Gasteiger charge is 2.16. The Morgan fingerprint density at radius 2 is 1.90 bits per heavy atom. The monoisotopic (exact) mass is 277 g/mol. The molecular formula is C17H27NO2. The number of benzene rings is 1. The predicted molar refractivity (Wildman–Crippen MR) is 81.9 cm³/mol. The molecule has 0 spiro atoms. The fourth-order valence-corrected chi connectivity index (χ4v) is 2.40. The van der Waals surface area contributed by atoms with E-state index in [0.717, 1.165) is 23.8 Å². The van der Waals surface area contributed by atoms with E-state index in [1.807, 2.05) is 38.1 Å². The molecule has 0 amide bonds. The van der Waals surface area contributed by atoms with Crippen LogP contribution in [0.25, 0.3) is 0 Å². The molecule has 2 N–H and O–H groups in total. The maximum Gasteiger partial charge on any atom is 0.119 e. The average molecular weight is 277 g/mol. The Bertz CT molecular complexity index is 384. The van der Waals surface area contributed by atoms with Crippen LogP contribution in [0.2, 0.25) is 0 Å². The van der Waals surface area contributed by atoms with E-state index < -0.39 is 0 Å². The summed E-state index contributed by atoms with van der Waals surface area (Å²) in [6.07, 6.45) is 5.55. The second-order valence-electron chi connectivity index (χ2n) is 6.00. The number of hydrogen-bond donors (Lipinski definition) is 1. The zero-order chi connectivity index (χ0) is 14.4. The van der Waals surface area contributed by atoms with Gasteiger partial charge in [-0.15, -0.1) is 0 Å². The molecule has 20 heavy (non-hydrogen) atoms. The largest absolute Gasteiger partial charge is 0.491 e. The van der Waals surface area contributed by atoms with Crippen LogP contribution in [-0.4, -0.2) is 19.3 Å². The van der Waals surface area contributed by atoms with Crippen molar-refractivity contribution in [3.63, 3.8) is 0 Å². The summed E-state index contributed by atoms with van der Waals surface area (Å²) in [5, 5.41) is 0. The molecule has 1 fully saturated rings. The van der Waals surface area contributed by atoms with Gasteiger partial charge in [0.15, 0.2) is 0 Å². The van der Waals surface area contributed by atoms with Gasteiger partial charge in [0.1, 0.15) is 5.75 Å². The molecule has 1 saturated carbocycles. The SMILES string of the molecule is CC(C)Oc1ccc(C(N)COCCC2CCC2)cc1. The molecule has 3 nitrogen and oxygen atoms in total. The first-order valence-corrected chi connectivity index (χ1v) is 7.75. The molecule has 0 aromatic heterocycles. The van der Waals surface area contributed by atoms with Gasteiger partial charge in [0.05, 0.1) is 18.8 Å². The highest BCUT2D eigenvalue weighted by atomic mass is 16.5. The Balaban J connectivity index is 1.69. The lowest BCUT2D eigenvalue weighted by atomic mass is 9.83. The van der Waals surface area contributed by atoms with E-state index in [4.69, 9.17) is 15.2 Å². The number of ether oxygens (including phenoxy) is 2. The van der Waals surface area contributed by atoms with Crippen molar-refractivity contribution < 1.29 is 9.47 Å². The Morgan fingerprint density at radius 1 is 1.20 bits per heavy atom. The van der Waals surface area contributed by atoms with Gasteiger partial charge < -0.3 is 15.2 Å². The summed E-state index contributed by atoms with van der Waals surface area (Å²) >= 11 is 0. The smallest absolute Gasteiger partial charge is 0.119 e. The summed E-state index contributed by atoms with van der Waals surface area (Å²) in [7, 11) is 0. The van der Waals surface area contributed by atoms with Gasteiger partial charge in [-0.1, -0.05) is 31.4 Å². The van der Waals surface area contributed by atoms with E-state index in [9.17, 15) is 0 Å². The molecule has 112 valence electrons. The third-order valence-electron chi connectivity index (χ3n) is 3.87. The molecule has 1 atom stereocenters. The van der Waals surface area contributed by atoms with Crippen molar-refractivity contribution in [2.75, 3.05) is 13.2 Å². The average Bonchev–Trinajstić information content (AvgIpc) is 2.36. The van der Waals surface area contributed by atoms with Gasteiger partial charge in [0.25, 0.3) is 0 Å².